The third-order valence-corrected chi connectivity index (χ3v) is 9.63. The molecule has 0 radical (unpaired) electrons. The first-order valence-corrected chi connectivity index (χ1v) is 13.0. The van der Waals surface area contributed by atoms with E-state index >= 15 is 0 Å². The number of likely N-dealkylation sites (tertiary alicyclic amines) is 1. The SMILES string of the molecule is C=CCOC(=O)[C@@H]1[C@H]2C(=O)N([C@@H](CC)CO)C(C(=O)N(CC=C)CCCC)C23S[C@@H]1CC3C. The largest absolute Gasteiger partial charge is 0.461 e. The van der Waals surface area contributed by atoms with Crippen LogP contribution in [0.4, 0.5) is 0 Å². The molecule has 8 heteroatoms. The number of aliphatic hydroxyl groups excluding tert-OH is 1. The number of carbonyl (C=O) groups is 3. The monoisotopic (exact) mass is 478 g/mol. The highest BCUT2D eigenvalue weighted by atomic mass is 32.2. The van der Waals surface area contributed by atoms with E-state index in [4.69, 9.17) is 4.74 Å². The molecule has 3 saturated heterocycles. The van der Waals surface area contributed by atoms with Crippen molar-refractivity contribution in [1.82, 2.24) is 9.80 Å². The summed E-state index contributed by atoms with van der Waals surface area (Å²) in [6.07, 6.45) is 6.32. The van der Waals surface area contributed by atoms with Gasteiger partial charge in [0.15, 0.2) is 0 Å². The zero-order valence-corrected chi connectivity index (χ0v) is 20.9. The van der Waals surface area contributed by atoms with E-state index in [0.717, 1.165) is 19.3 Å². The van der Waals surface area contributed by atoms with Crippen LogP contribution in [0.5, 0.6) is 0 Å². The van der Waals surface area contributed by atoms with E-state index in [0.29, 0.717) is 19.5 Å². The summed E-state index contributed by atoms with van der Waals surface area (Å²) >= 11 is 1.63. The molecule has 7 atom stereocenters. The molecule has 3 heterocycles. The Kier molecular flexibility index (Phi) is 8.32. The van der Waals surface area contributed by atoms with E-state index in [9.17, 15) is 19.5 Å². The van der Waals surface area contributed by atoms with Crippen molar-refractivity contribution in [2.45, 2.75) is 68.5 Å². The Balaban J connectivity index is 2.08. The second kappa shape index (κ2) is 10.6. The fourth-order valence-corrected chi connectivity index (χ4v) is 8.41. The predicted octanol–water partition coefficient (Wildman–Crippen LogP) is 2.64. The summed E-state index contributed by atoms with van der Waals surface area (Å²) in [5, 5.41) is 10.1. The summed E-state index contributed by atoms with van der Waals surface area (Å²) in [5.74, 6) is -1.83. The van der Waals surface area contributed by atoms with E-state index in [-0.39, 0.29) is 36.2 Å². The van der Waals surface area contributed by atoms with Gasteiger partial charge < -0.3 is 19.6 Å². The van der Waals surface area contributed by atoms with Gasteiger partial charge in [-0.2, -0.15) is 0 Å². The Bertz CT molecular complexity index is 785. The maximum Gasteiger partial charge on any atom is 0.311 e. The van der Waals surface area contributed by atoms with Crippen molar-refractivity contribution in [3.63, 3.8) is 0 Å². The maximum atomic E-state index is 14.1. The molecule has 33 heavy (non-hydrogen) atoms. The molecule has 0 aromatic rings. The van der Waals surface area contributed by atoms with Gasteiger partial charge in [-0.3, -0.25) is 14.4 Å². The number of unbranched alkanes of at least 4 members (excludes halogenated alkanes) is 1. The maximum absolute atomic E-state index is 14.1. The fourth-order valence-electron chi connectivity index (χ4n) is 6.02. The smallest absolute Gasteiger partial charge is 0.311 e. The normalized spacial score (nSPS) is 33.0. The molecule has 3 rings (SSSR count). The molecule has 1 spiro atoms. The highest BCUT2D eigenvalue weighted by Gasteiger charge is 2.77. The lowest BCUT2D eigenvalue weighted by Crippen LogP contribution is -2.59. The van der Waals surface area contributed by atoms with Crippen molar-refractivity contribution in [3.8, 4) is 0 Å². The van der Waals surface area contributed by atoms with E-state index in [2.05, 4.69) is 27.0 Å². The van der Waals surface area contributed by atoms with Crippen LogP contribution < -0.4 is 0 Å². The van der Waals surface area contributed by atoms with Gasteiger partial charge in [0.25, 0.3) is 0 Å². The number of aliphatic hydroxyl groups is 1. The van der Waals surface area contributed by atoms with E-state index < -0.39 is 34.6 Å². The van der Waals surface area contributed by atoms with Gasteiger partial charge >= 0.3 is 5.97 Å². The van der Waals surface area contributed by atoms with Crippen molar-refractivity contribution in [2.24, 2.45) is 17.8 Å². The van der Waals surface area contributed by atoms with Gasteiger partial charge in [-0.05, 0) is 25.2 Å². The van der Waals surface area contributed by atoms with Crippen molar-refractivity contribution in [3.05, 3.63) is 25.3 Å². The van der Waals surface area contributed by atoms with E-state index in [1.165, 1.54) is 6.08 Å². The molecule has 184 valence electrons. The lowest BCUT2D eigenvalue weighted by Gasteiger charge is -2.42. The Hall–Kier alpha value is -1.80. The van der Waals surface area contributed by atoms with Gasteiger partial charge in [0.2, 0.25) is 11.8 Å². The molecule has 3 aliphatic rings. The molecule has 0 aromatic heterocycles. The van der Waals surface area contributed by atoms with Gasteiger partial charge in [-0.25, -0.2) is 0 Å². The van der Waals surface area contributed by atoms with Crippen LogP contribution in [0.15, 0.2) is 25.3 Å². The second-order valence-electron chi connectivity index (χ2n) is 9.39. The van der Waals surface area contributed by atoms with Crippen molar-refractivity contribution in [2.75, 3.05) is 26.3 Å². The molecule has 0 saturated carbocycles. The molecule has 1 N–H and O–H groups in total. The molecule has 7 nitrogen and oxygen atoms in total. The number of ether oxygens (including phenoxy) is 1. The Morgan fingerprint density at radius 1 is 1.36 bits per heavy atom. The number of thioether (sulfide) groups is 1. The summed E-state index contributed by atoms with van der Waals surface area (Å²) < 4.78 is 4.70. The van der Waals surface area contributed by atoms with Gasteiger partial charge in [0.1, 0.15) is 12.6 Å². The molecular formula is C25H38N2O5S. The Labute approximate surface area is 201 Å². The van der Waals surface area contributed by atoms with Crippen molar-refractivity contribution >= 4 is 29.5 Å². The highest BCUT2D eigenvalue weighted by molar-refractivity contribution is 8.02. The van der Waals surface area contributed by atoms with Gasteiger partial charge in [-0.15, -0.1) is 18.3 Å². The van der Waals surface area contributed by atoms with Crippen LogP contribution in [0.2, 0.25) is 0 Å². The molecular weight excluding hydrogens is 440 g/mol. The predicted molar refractivity (Wildman–Crippen MR) is 130 cm³/mol. The molecule has 3 aliphatic heterocycles. The highest BCUT2D eigenvalue weighted by Crippen LogP contribution is 2.69. The van der Waals surface area contributed by atoms with Crippen molar-refractivity contribution in [1.29, 1.82) is 0 Å². The summed E-state index contributed by atoms with van der Waals surface area (Å²) in [4.78, 5) is 44.5. The van der Waals surface area contributed by atoms with Crippen LogP contribution >= 0.6 is 11.8 Å². The first-order valence-electron chi connectivity index (χ1n) is 12.1. The molecule has 2 amide bonds. The van der Waals surface area contributed by atoms with Crippen LogP contribution in [-0.2, 0) is 19.1 Å². The number of nitrogens with zero attached hydrogens (tertiary/aromatic N) is 2. The van der Waals surface area contributed by atoms with Crippen LogP contribution in [0, 0.1) is 17.8 Å². The standard InChI is InChI=1S/C25H38N2O5S/c1-6-10-12-26(11-7-2)23(30)21-25-16(5)14-18(33-25)19(24(31)32-13-8-3)20(25)22(29)27(21)17(9-4)15-28/h7-8,16-21,28H,2-3,6,9-15H2,1,4-5H3/t16?,17-,18+,19-,20-,21?,25?/m0/s1. The van der Waals surface area contributed by atoms with Crippen LogP contribution in [0.3, 0.4) is 0 Å². The second-order valence-corrected chi connectivity index (χ2v) is 10.9. The van der Waals surface area contributed by atoms with E-state index in [1.54, 1.807) is 27.6 Å². The first-order chi connectivity index (χ1) is 15.8. The van der Waals surface area contributed by atoms with Gasteiger partial charge in [-0.1, -0.05) is 45.9 Å². The number of amides is 2. The first kappa shape index (κ1) is 25.8. The molecule has 3 unspecified atom stereocenters. The zero-order chi connectivity index (χ0) is 24.3. The minimum Gasteiger partial charge on any atom is -0.461 e. The van der Waals surface area contributed by atoms with E-state index in [1.807, 2.05) is 6.92 Å². The summed E-state index contributed by atoms with van der Waals surface area (Å²) in [6, 6.07) is -1.19. The fraction of sp³-hybridized carbons (Fsp3) is 0.720. The third-order valence-electron chi connectivity index (χ3n) is 7.55. The van der Waals surface area contributed by atoms with Crippen LogP contribution in [0.1, 0.15) is 46.5 Å². The zero-order valence-electron chi connectivity index (χ0n) is 20.1. The summed E-state index contributed by atoms with van der Waals surface area (Å²) in [5.41, 5.74) is 0. The number of hydrogen-bond acceptors (Lipinski definition) is 6. The lowest BCUT2D eigenvalue weighted by molar-refractivity contribution is -0.154. The average molecular weight is 479 g/mol. The number of rotatable bonds is 12. The topological polar surface area (TPSA) is 87.1 Å². The molecule has 0 aromatic carbocycles. The van der Waals surface area contributed by atoms with Gasteiger partial charge in [0.05, 0.1) is 29.2 Å². The number of carbonyl (C=O) groups excluding carboxylic acids is 3. The Morgan fingerprint density at radius 2 is 2.09 bits per heavy atom. The third kappa shape index (κ3) is 4.14. The minimum atomic E-state index is -0.717. The quantitative estimate of drug-likeness (QED) is 0.343. The molecule has 2 bridgehead atoms. The average Bonchev–Trinajstić information content (AvgIpc) is 3.39. The van der Waals surface area contributed by atoms with Crippen LogP contribution in [0.25, 0.3) is 0 Å². The Morgan fingerprint density at radius 3 is 2.67 bits per heavy atom. The minimum absolute atomic E-state index is 0.0542. The number of esters is 1. The summed E-state index contributed by atoms with van der Waals surface area (Å²) in [7, 11) is 0. The summed E-state index contributed by atoms with van der Waals surface area (Å²) in [6.45, 7) is 14.4. The number of hydrogen-bond donors (Lipinski definition) is 1. The van der Waals surface area contributed by atoms with Crippen LogP contribution in [-0.4, -0.2) is 81.1 Å². The molecule has 3 fully saturated rings. The molecule has 0 aliphatic carbocycles. The van der Waals surface area contributed by atoms with Crippen molar-refractivity contribution < 1.29 is 24.2 Å². The van der Waals surface area contributed by atoms with Gasteiger partial charge in [0, 0.05) is 18.3 Å². The lowest BCUT2D eigenvalue weighted by atomic mass is 9.66. The number of fused-ring (bicyclic) bond motifs is 1.